The highest BCUT2D eigenvalue weighted by Gasteiger charge is 2.17. The van der Waals surface area contributed by atoms with Gasteiger partial charge < -0.3 is 5.11 Å². The van der Waals surface area contributed by atoms with Gasteiger partial charge in [0.05, 0.1) is 22.2 Å². The molecule has 1 saturated carbocycles. The maximum atomic E-state index is 9.55. The molecule has 1 aliphatic carbocycles. The summed E-state index contributed by atoms with van der Waals surface area (Å²) in [6.45, 7) is 4.28. The van der Waals surface area contributed by atoms with Crippen molar-refractivity contribution < 1.29 is 5.11 Å². The van der Waals surface area contributed by atoms with E-state index in [1.165, 1.54) is 42.6 Å². The Labute approximate surface area is 107 Å². The first-order valence-electron chi connectivity index (χ1n) is 6.46. The van der Waals surface area contributed by atoms with Gasteiger partial charge in [0, 0.05) is 0 Å². The molecular weight excluding hydrogens is 230 g/mol. The minimum absolute atomic E-state index is 0.195. The van der Waals surface area contributed by atoms with Gasteiger partial charge >= 0.3 is 0 Å². The van der Waals surface area contributed by atoms with Gasteiger partial charge in [-0.15, -0.1) is 11.3 Å². The van der Waals surface area contributed by atoms with E-state index in [1.807, 2.05) is 13.8 Å². The summed E-state index contributed by atoms with van der Waals surface area (Å²) in [4.78, 5) is 5.66. The Bertz CT molecular complexity index is 402. The van der Waals surface area contributed by atoms with Crippen LogP contribution in [0.4, 0.5) is 0 Å². The molecule has 0 bridgehead atoms. The third kappa shape index (κ3) is 3.17. The molecule has 1 aliphatic rings. The van der Waals surface area contributed by atoms with E-state index in [1.54, 1.807) is 11.3 Å². The molecule has 1 N–H and O–H groups in total. The highest BCUT2D eigenvalue weighted by atomic mass is 32.1. The van der Waals surface area contributed by atoms with E-state index in [-0.39, 0.29) is 6.61 Å². The average molecular weight is 251 g/mol. The van der Waals surface area contributed by atoms with Crippen LogP contribution in [0.25, 0.3) is 6.08 Å². The van der Waals surface area contributed by atoms with Gasteiger partial charge in [-0.2, -0.15) is 0 Å². The minimum Gasteiger partial charge on any atom is -0.392 e. The number of aliphatic hydroxyl groups excluding tert-OH is 1. The quantitative estimate of drug-likeness (QED) is 0.888. The Hall–Kier alpha value is -0.670. The van der Waals surface area contributed by atoms with Gasteiger partial charge in [-0.25, -0.2) is 4.98 Å². The average Bonchev–Trinajstić information content (AvgIpc) is 2.66. The Morgan fingerprint density at radius 3 is 2.59 bits per heavy atom. The third-order valence-electron chi connectivity index (χ3n) is 3.57. The SMILES string of the molecule is Cc1nc(C)c(C=C(CO)C2CCCCC2)s1. The molecule has 2 nitrogen and oxygen atoms in total. The number of aliphatic hydroxyl groups is 1. The zero-order chi connectivity index (χ0) is 12.3. The lowest BCUT2D eigenvalue weighted by Crippen LogP contribution is -2.11. The molecule has 1 aromatic rings. The van der Waals surface area contributed by atoms with Crippen LogP contribution in [0, 0.1) is 19.8 Å². The topological polar surface area (TPSA) is 33.1 Å². The maximum absolute atomic E-state index is 9.55. The zero-order valence-corrected chi connectivity index (χ0v) is 11.5. The summed E-state index contributed by atoms with van der Waals surface area (Å²) in [5.74, 6) is 0.593. The molecule has 0 unspecified atom stereocenters. The lowest BCUT2D eigenvalue weighted by atomic mass is 9.83. The molecular formula is C14H21NOS. The summed E-state index contributed by atoms with van der Waals surface area (Å²) in [5.41, 5.74) is 2.30. The molecule has 0 spiro atoms. The monoisotopic (exact) mass is 251 g/mol. The molecule has 1 fully saturated rings. The van der Waals surface area contributed by atoms with Crippen molar-refractivity contribution >= 4 is 17.4 Å². The lowest BCUT2D eigenvalue weighted by molar-refractivity contribution is 0.295. The first-order valence-corrected chi connectivity index (χ1v) is 7.27. The van der Waals surface area contributed by atoms with Crippen LogP contribution in [0.3, 0.4) is 0 Å². The minimum atomic E-state index is 0.195. The fourth-order valence-electron chi connectivity index (χ4n) is 2.62. The summed E-state index contributed by atoms with van der Waals surface area (Å²) >= 11 is 1.72. The number of rotatable bonds is 3. The Kier molecular flexibility index (Phi) is 4.35. The summed E-state index contributed by atoms with van der Waals surface area (Å²) in [6.07, 6.45) is 8.63. The van der Waals surface area contributed by atoms with E-state index in [0.29, 0.717) is 5.92 Å². The van der Waals surface area contributed by atoms with Gasteiger partial charge in [0.25, 0.3) is 0 Å². The van der Waals surface area contributed by atoms with Gasteiger partial charge in [-0.3, -0.25) is 0 Å². The Balaban J connectivity index is 2.19. The van der Waals surface area contributed by atoms with E-state index >= 15 is 0 Å². The molecule has 0 radical (unpaired) electrons. The molecule has 0 aromatic carbocycles. The number of hydrogen-bond acceptors (Lipinski definition) is 3. The summed E-state index contributed by atoms with van der Waals surface area (Å²) in [5, 5.41) is 10.7. The van der Waals surface area contributed by atoms with Crippen LogP contribution in [0.15, 0.2) is 5.57 Å². The van der Waals surface area contributed by atoms with Gasteiger partial charge in [-0.1, -0.05) is 19.3 Å². The number of aromatic nitrogens is 1. The van der Waals surface area contributed by atoms with Crippen LogP contribution in [0.2, 0.25) is 0 Å². The Morgan fingerprint density at radius 1 is 1.35 bits per heavy atom. The zero-order valence-electron chi connectivity index (χ0n) is 10.7. The van der Waals surface area contributed by atoms with Crippen LogP contribution in [-0.2, 0) is 0 Å². The molecule has 0 atom stereocenters. The number of thiazole rings is 1. The predicted molar refractivity (Wildman–Crippen MR) is 73.2 cm³/mol. The second kappa shape index (κ2) is 5.78. The molecule has 2 rings (SSSR count). The van der Waals surface area contributed by atoms with Gasteiger partial charge in [-0.05, 0) is 44.3 Å². The molecule has 0 saturated heterocycles. The molecule has 1 heterocycles. The fraction of sp³-hybridized carbons (Fsp3) is 0.643. The number of nitrogens with zero attached hydrogens (tertiary/aromatic N) is 1. The van der Waals surface area contributed by atoms with E-state index < -0.39 is 0 Å². The normalized spacial score (nSPS) is 18.6. The number of aryl methyl sites for hydroxylation is 2. The van der Waals surface area contributed by atoms with Gasteiger partial charge in [0.1, 0.15) is 0 Å². The highest BCUT2D eigenvalue weighted by molar-refractivity contribution is 7.12. The van der Waals surface area contributed by atoms with Crippen molar-refractivity contribution in [2.75, 3.05) is 6.61 Å². The van der Waals surface area contributed by atoms with E-state index in [0.717, 1.165) is 10.7 Å². The maximum Gasteiger partial charge on any atom is 0.0903 e. The van der Waals surface area contributed by atoms with E-state index in [4.69, 9.17) is 0 Å². The standard InChI is InChI=1S/C14H21NOS/c1-10-14(17-11(2)15-10)8-13(9-16)12-6-4-3-5-7-12/h8,12,16H,3-7,9H2,1-2H3. The van der Waals surface area contributed by atoms with Crippen molar-refractivity contribution in [2.24, 2.45) is 5.92 Å². The molecule has 0 aliphatic heterocycles. The second-order valence-electron chi connectivity index (χ2n) is 4.89. The van der Waals surface area contributed by atoms with Crippen molar-refractivity contribution in [3.05, 3.63) is 21.2 Å². The largest absolute Gasteiger partial charge is 0.392 e. The number of hydrogen-bond donors (Lipinski definition) is 1. The second-order valence-corrected chi connectivity index (χ2v) is 6.13. The molecule has 0 amide bonds. The third-order valence-corrected chi connectivity index (χ3v) is 4.59. The van der Waals surface area contributed by atoms with Crippen LogP contribution in [0.1, 0.15) is 47.7 Å². The predicted octanol–water partition coefficient (Wildman–Crippen LogP) is 3.72. The summed E-state index contributed by atoms with van der Waals surface area (Å²) < 4.78 is 0. The molecule has 3 heteroatoms. The van der Waals surface area contributed by atoms with E-state index in [2.05, 4.69) is 11.1 Å². The van der Waals surface area contributed by atoms with Gasteiger partial charge in [0.15, 0.2) is 0 Å². The van der Waals surface area contributed by atoms with E-state index in [9.17, 15) is 5.11 Å². The summed E-state index contributed by atoms with van der Waals surface area (Å²) in [7, 11) is 0. The van der Waals surface area contributed by atoms with Crippen molar-refractivity contribution in [3.8, 4) is 0 Å². The highest BCUT2D eigenvalue weighted by Crippen LogP contribution is 2.31. The Morgan fingerprint density at radius 2 is 2.06 bits per heavy atom. The van der Waals surface area contributed by atoms with Gasteiger partial charge in [0.2, 0.25) is 0 Å². The molecule has 94 valence electrons. The van der Waals surface area contributed by atoms with Crippen LogP contribution >= 0.6 is 11.3 Å². The summed E-state index contributed by atoms with van der Waals surface area (Å²) in [6, 6.07) is 0. The fourth-order valence-corrected chi connectivity index (χ4v) is 3.52. The van der Waals surface area contributed by atoms with Crippen molar-refractivity contribution in [1.29, 1.82) is 0 Å². The van der Waals surface area contributed by atoms with Crippen LogP contribution in [-0.4, -0.2) is 16.7 Å². The van der Waals surface area contributed by atoms with Crippen molar-refractivity contribution in [1.82, 2.24) is 4.98 Å². The molecule has 17 heavy (non-hydrogen) atoms. The lowest BCUT2D eigenvalue weighted by Gasteiger charge is -2.23. The smallest absolute Gasteiger partial charge is 0.0903 e. The van der Waals surface area contributed by atoms with Crippen molar-refractivity contribution in [3.63, 3.8) is 0 Å². The van der Waals surface area contributed by atoms with Crippen LogP contribution < -0.4 is 0 Å². The first kappa shape index (κ1) is 12.8. The van der Waals surface area contributed by atoms with Crippen molar-refractivity contribution in [2.45, 2.75) is 46.0 Å². The first-order chi connectivity index (χ1) is 8.20. The van der Waals surface area contributed by atoms with Crippen LogP contribution in [0.5, 0.6) is 0 Å². The molecule has 1 aromatic heterocycles.